The zero-order valence-electron chi connectivity index (χ0n) is 19.3. The van der Waals surface area contributed by atoms with Gasteiger partial charge in [0.15, 0.2) is 0 Å². The first kappa shape index (κ1) is 21.5. The minimum Gasteiger partial charge on any atom is -0.507 e. The van der Waals surface area contributed by atoms with Crippen molar-refractivity contribution in [1.82, 2.24) is 15.2 Å². The SMILES string of the molecule is C=Cc1ccc(O)c2c1/C(=C/c1ccc3c(/C=C4\C=Cc5c(O)ccc(C=C)c54)nnc-3cn1)C=C2. The van der Waals surface area contributed by atoms with E-state index in [1.54, 1.807) is 30.5 Å². The maximum absolute atomic E-state index is 10.3. The maximum atomic E-state index is 10.3. The van der Waals surface area contributed by atoms with E-state index in [0.29, 0.717) is 5.69 Å². The van der Waals surface area contributed by atoms with Crippen LogP contribution in [0.3, 0.4) is 0 Å². The number of benzene rings is 2. The van der Waals surface area contributed by atoms with Gasteiger partial charge >= 0.3 is 0 Å². The summed E-state index contributed by atoms with van der Waals surface area (Å²) in [5.41, 5.74) is 10.2. The summed E-state index contributed by atoms with van der Waals surface area (Å²) in [6.45, 7) is 7.81. The molecule has 2 aliphatic carbocycles. The first-order valence-electron chi connectivity index (χ1n) is 11.5. The van der Waals surface area contributed by atoms with E-state index in [4.69, 9.17) is 0 Å². The van der Waals surface area contributed by atoms with Crippen LogP contribution in [-0.4, -0.2) is 25.4 Å². The summed E-state index contributed by atoms with van der Waals surface area (Å²) >= 11 is 0. The second-order valence-electron chi connectivity index (χ2n) is 8.60. The minimum absolute atomic E-state index is 0.234. The summed E-state index contributed by atoms with van der Waals surface area (Å²) in [6, 6.07) is 11.0. The van der Waals surface area contributed by atoms with Crippen LogP contribution in [0.25, 0.3) is 58.9 Å². The molecule has 2 aromatic carbocycles. The number of phenolic OH excluding ortho intramolecular Hbond substituents is 2. The first-order valence-corrected chi connectivity index (χ1v) is 11.5. The van der Waals surface area contributed by atoms with Crippen molar-refractivity contribution in [2.75, 3.05) is 0 Å². The van der Waals surface area contributed by atoms with Gasteiger partial charge in [-0.15, -0.1) is 10.2 Å². The van der Waals surface area contributed by atoms with Crippen LogP contribution in [0.4, 0.5) is 0 Å². The predicted molar refractivity (Wildman–Crippen MR) is 147 cm³/mol. The van der Waals surface area contributed by atoms with Crippen molar-refractivity contribution in [3.05, 3.63) is 113 Å². The van der Waals surface area contributed by atoms with Gasteiger partial charge in [0.25, 0.3) is 0 Å². The van der Waals surface area contributed by atoms with E-state index in [-0.39, 0.29) is 11.5 Å². The van der Waals surface area contributed by atoms with Crippen LogP contribution in [0.15, 0.2) is 67.9 Å². The van der Waals surface area contributed by atoms with Crippen molar-refractivity contribution < 1.29 is 10.2 Å². The molecule has 0 saturated carbocycles. The molecule has 5 heteroatoms. The Morgan fingerprint density at radius 1 is 0.667 bits per heavy atom. The Balaban J connectivity index is 1.41. The highest BCUT2D eigenvalue weighted by atomic mass is 16.3. The van der Waals surface area contributed by atoms with Crippen LogP contribution >= 0.6 is 0 Å². The number of aromatic hydroxyl groups is 2. The van der Waals surface area contributed by atoms with Gasteiger partial charge in [0.1, 0.15) is 17.2 Å². The van der Waals surface area contributed by atoms with Gasteiger partial charge in [-0.25, -0.2) is 0 Å². The third-order valence-corrected chi connectivity index (χ3v) is 6.56. The quantitative estimate of drug-likeness (QED) is 0.345. The first-order chi connectivity index (χ1) is 17.6. The molecule has 0 atom stereocenters. The summed E-state index contributed by atoms with van der Waals surface area (Å²) in [5, 5.41) is 29.2. The largest absolute Gasteiger partial charge is 0.507 e. The molecule has 0 spiro atoms. The van der Waals surface area contributed by atoms with Crippen LogP contribution in [0.5, 0.6) is 11.5 Å². The highest BCUT2D eigenvalue weighted by molar-refractivity contribution is 6.03. The average Bonchev–Trinajstić information content (AvgIpc) is 3.57. The van der Waals surface area contributed by atoms with E-state index in [1.165, 1.54) is 0 Å². The molecule has 36 heavy (non-hydrogen) atoms. The normalized spacial score (nSPS) is 15.6. The van der Waals surface area contributed by atoms with Crippen molar-refractivity contribution in [3.8, 4) is 22.8 Å². The summed E-state index contributed by atoms with van der Waals surface area (Å²) < 4.78 is 0. The van der Waals surface area contributed by atoms with Gasteiger partial charge in [-0.1, -0.05) is 61.7 Å². The molecule has 0 saturated heterocycles. The Morgan fingerprint density at radius 3 is 1.89 bits per heavy atom. The lowest BCUT2D eigenvalue weighted by Gasteiger charge is -2.08. The lowest BCUT2D eigenvalue weighted by molar-refractivity contribution is 0.473. The molecule has 2 aromatic rings. The van der Waals surface area contributed by atoms with Gasteiger partial charge in [-0.05, 0) is 69.8 Å². The molecule has 6 rings (SSSR count). The number of nitrogens with zero attached hydrogens (tertiary/aromatic N) is 3. The van der Waals surface area contributed by atoms with Crippen molar-refractivity contribution in [2.45, 2.75) is 0 Å². The van der Waals surface area contributed by atoms with E-state index in [1.807, 2.05) is 60.7 Å². The molecule has 0 radical (unpaired) electrons. The molecule has 2 aliphatic heterocycles. The fourth-order valence-electron chi connectivity index (χ4n) is 4.79. The molecule has 0 unspecified atom stereocenters. The molecule has 0 bridgehead atoms. The van der Waals surface area contributed by atoms with E-state index in [9.17, 15) is 10.2 Å². The highest BCUT2D eigenvalue weighted by Crippen LogP contribution is 2.40. The number of fused-ring (bicyclic) bond motifs is 3. The Bertz CT molecular complexity index is 1690. The molecule has 4 aliphatic rings. The molecule has 2 N–H and O–H groups in total. The van der Waals surface area contributed by atoms with Crippen molar-refractivity contribution in [2.24, 2.45) is 0 Å². The number of aromatic nitrogens is 3. The second-order valence-corrected chi connectivity index (χ2v) is 8.60. The molecule has 5 nitrogen and oxygen atoms in total. The summed E-state index contributed by atoms with van der Waals surface area (Å²) in [5.74, 6) is 0.474. The van der Waals surface area contributed by atoms with Crippen molar-refractivity contribution in [1.29, 1.82) is 0 Å². The van der Waals surface area contributed by atoms with E-state index in [2.05, 4.69) is 28.3 Å². The van der Waals surface area contributed by atoms with Gasteiger partial charge < -0.3 is 10.2 Å². The standard InChI is InChI=1S/C31H21N3O2/c1-3-18-7-13-28(35)24-10-5-20(30(18)24)15-22-9-12-23-26(33-34-27(23)17-32-22)16-21-6-11-25-29(36)14-8-19(4-2)31(21)25/h3-17,35-36H,1-2H2/b20-15+,21-16+. The second kappa shape index (κ2) is 8.32. The third kappa shape index (κ3) is 3.37. The zero-order chi connectivity index (χ0) is 24.8. The molecular formula is C31H21N3O2. The monoisotopic (exact) mass is 467 g/mol. The van der Waals surface area contributed by atoms with Crippen LogP contribution in [-0.2, 0) is 0 Å². The van der Waals surface area contributed by atoms with Gasteiger partial charge in [0, 0.05) is 16.7 Å². The Kier molecular flexibility index (Phi) is 4.97. The lowest BCUT2D eigenvalue weighted by Crippen LogP contribution is -1.88. The molecule has 0 fully saturated rings. The number of rotatable bonds is 4. The molecule has 0 aromatic heterocycles. The van der Waals surface area contributed by atoms with E-state index in [0.717, 1.165) is 61.5 Å². The average molecular weight is 468 g/mol. The number of hydrogen-bond donors (Lipinski definition) is 2. The van der Waals surface area contributed by atoms with Gasteiger partial charge in [-0.2, -0.15) is 0 Å². The Hall–Kier alpha value is -5.03. The smallest absolute Gasteiger partial charge is 0.123 e. The molecule has 172 valence electrons. The van der Waals surface area contributed by atoms with Gasteiger partial charge in [-0.3, -0.25) is 4.98 Å². The van der Waals surface area contributed by atoms with Crippen LogP contribution < -0.4 is 0 Å². The van der Waals surface area contributed by atoms with Crippen LogP contribution in [0.2, 0.25) is 0 Å². The third-order valence-electron chi connectivity index (χ3n) is 6.56. The summed E-state index contributed by atoms with van der Waals surface area (Å²) in [7, 11) is 0. The van der Waals surface area contributed by atoms with Crippen molar-refractivity contribution >= 4 is 47.6 Å². The summed E-state index contributed by atoms with van der Waals surface area (Å²) in [6.07, 6.45) is 17.0. The minimum atomic E-state index is 0.234. The number of hydrogen-bond acceptors (Lipinski definition) is 5. The topological polar surface area (TPSA) is 79.1 Å². The van der Waals surface area contributed by atoms with E-state index >= 15 is 0 Å². The highest BCUT2D eigenvalue weighted by Gasteiger charge is 2.20. The fraction of sp³-hybridized carbons (Fsp3) is 0. The lowest BCUT2D eigenvalue weighted by atomic mass is 9.97. The van der Waals surface area contributed by atoms with Crippen LogP contribution in [0.1, 0.15) is 44.8 Å². The molecule has 2 heterocycles. The van der Waals surface area contributed by atoms with Crippen molar-refractivity contribution in [3.63, 3.8) is 0 Å². The maximum Gasteiger partial charge on any atom is 0.123 e. The number of allylic oxidation sites excluding steroid dienone is 4. The fourth-order valence-corrected chi connectivity index (χ4v) is 4.79. The van der Waals surface area contributed by atoms with Crippen LogP contribution in [0, 0.1) is 0 Å². The Labute approximate surface area is 208 Å². The molecule has 0 amide bonds. The van der Waals surface area contributed by atoms with E-state index < -0.39 is 0 Å². The predicted octanol–water partition coefficient (Wildman–Crippen LogP) is 6.81. The van der Waals surface area contributed by atoms with Gasteiger partial charge in [0.2, 0.25) is 0 Å². The zero-order valence-corrected chi connectivity index (χ0v) is 19.3. The van der Waals surface area contributed by atoms with Gasteiger partial charge in [0.05, 0.1) is 17.6 Å². The molecular weight excluding hydrogens is 446 g/mol. The Morgan fingerprint density at radius 2 is 1.28 bits per heavy atom. The summed E-state index contributed by atoms with van der Waals surface area (Å²) in [4.78, 5) is 4.62. The number of phenols is 2.